The SMILES string of the molecule is [CH2]CC(CCCC)CC(C)C. The van der Waals surface area contributed by atoms with Crippen molar-refractivity contribution in [1.29, 1.82) is 0 Å². The van der Waals surface area contributed by atoms with Gasteiger partial charge in [-0.05, 0) is 18.3 Å². The van der Waals surface area contributed by atoms with Gasteiger partial charge in [-0.2, -0.15) is 0 Å². The lowest BCUT2D eigenvalue weighted by molar-refractivity contribution is 0.378. The van der Waals surface area contributed by atoms with Crippen LogP contribution in [0.2, 0.25) is 0 Å². The van der Waals surface area contributed by atoms with E-state index in [1.165, 1.54) is 25.7 Å². The highest BCUT2D eigenvalue weighted by molar-refractivity contribution is 4.62. The van der Waals surface area contributed by atoms with Crippen LogP contribution in [-0.4, -0.2) is 0 Å². The van der Waals surface area contributed by atoms with Crippen LogP contribution in [0.25, 0.3) is 0 Å². The van der Waals surface area contributed by atoms with Gasteiger partial charge < -0.3 is 0 Å². The molecule has 0 nitrogen and oxygen atoms in total. The van der Waals surface area contributed by atoms with Crippen LogP contribution in [0.5, 0.6) is 0 Å². The van der Waals surface area contributed by atoms with Gasteiger partial charge in [-0.25, -0.2) is 0 Å². The molecule has 0 heterocycles. The maximum Gasteiger partial charge on any atom is -0.0412 e. The van der Waals surface area contributed by atoms with Crippen molar-refractivity contribution in [2.75, 3.05) is 0 Å². The summed E-state index contributed by atoms with van der Waals surface area (Å²) in [5.74, 6) is 1.73. The molecule has 0 aliphatic heterocycles. The van der Waals surface area contributed by atoms with Gasteiger partial charge in [-0.1, -0.05) is 53.4 Å². The molecule has 0 aliphatic carbocycles. The van der Waals surface area contributed by atoms with Gasteiger partial charge in [0.1, 0.15) is 0 Å². The molecule has 0 spiro atoms. The fraction of sp³-hybridized carbons (Fsp3) is 0.909. The van der Waals surface area contributed by atoms with E-state index in [1.807, 2.05) is 0 Å². The van der Waals surface area contributed by atoms with Crippen molar-refractivity contribution in [2.45, 2.75) is 52.9 Å². The van der Waals surface area contributed by atoms with Crippen LogP contribution in [0.15, 0.2) is 0 Å². The second-order valence-corrected chi connectivity index (χ2v) is 3.93. The predicted molar refractivity (Wildman–Crippen MR) is 52.4 cm³/mol. The van der Waals surface area contributed by atoms with Crippen molar-refractivity contribution in [3.63, 3.8) is 0 Å². The molecule has 1 unspecified atom stereocenters. The number of hydrogen-bond donors (Lipinski definition) is 0. The standard InChI is InChI=1S/C11H23/c1-5-7-8-11(6-2)9-10(3)4/h10-11H,2,5-9H2,1,3-4H3. The second-order valence-electron chi connectivity index (χ2n) is 3.93. The van der Waals surface area contributed by atoms with Crippen LogP contribution in [-0.2, 0) is 0 Å². The summed E-state index contributed by atoms with van der Waals surface area (Å²) in [4.78, 5) is 0. The first-order valence-electron chi connectivity index (χ1n) is 4.99. The van der Waals surface area contributed by atoms with E-state index >= 15 is 0 Å². The molecular weight excluding hydrogens is 132 g/mol. The maximum absolute atomic E-state index is 3.99. The van der Waals surface area contributed by atoms with Crippen molar-refractivity contribution in [2.24, 2.45) is 11.8 Å². The van der Waals surface area contributed by atoms with Gasteiger partial charge in [0.25, 0.3) is 0 Å². The summed E-state index contributed by atoms with van der Waals surface area (Å²) in [5, 5.41) is 0. The molecule has 0 bridgehead atoms. The molecule has 0 rings (SSSR count). The molecule has 1 radical (unpaired) electrons. The van der Waals surface area contributed by atoms with Crippen molar-refractivity contribution in [1.82, 2.24) is 0 Å². The summed E-state index contributed by atoms with van der Waals surface area (Å²) in [6.45, 7) is 10.9. The molecule has 0 saturated carbocycles. The average molecular weight is 155 g/mol. The fourth-order valence-electron chi connectivity index (χ4n) is 1.54. The first-order chi connectivity index (χ1) is 5.20. The normalized spacial score (nSPS) is 13.9. The zero-order chi connectivity index (χ0) is 8.69. The highest BCUT2D eigenvalue weighted by Gasteiger charge is 2.07. The van der Waals surface area contributed by atoms with Gasteiger partial charge in [0.15, 0.2) is 0 Å². The van der Waals surface area contributed by atoms with Gasteiger partial charge >= 0.3 is 0 Å². The Balaban J connectivity index is 3.41. The summed E-state index contributed by atoms with van der Waals surface area (Å²) in [6.07, 6.45) is 6.58. The van der Waals surface area contributed by atoms with E-state index in [-0.39, 0.29) is 0 Å². The van der Waals surface area contributed by atoms with Crippen molar-refractivity contribution in [3.05, 3.63) is 6.92 Å². The van der Waals surface area contributed by atoms with E-state index in [1.54, 1.807) is 0 Å². The molecule has 0 fully saturated rings. The van der Waals surface area contributed by atoms with Crippen LogP contribution >= 0.6 is 0 Å². The van der Waals surface area contributed by atoms with Crippen LogP contribution < -0.4 is 0 Å². The highest BCUT2D eigenvalue weighted by atomic mass is 14.1. The molecule has 1 atom stereocenters. The zero-order valence-electron chi connectivity index (χ0n) is 8.40. The summed E-state index contributed by atoms with van der Waals surface area (Å²) in [6, 6.07) is 0. The molecule has 0 saturated heterocycles. The van der Waals surface area contributed by atoms with E-state index in [4.69, 9.17) is 0 Å². The van der Waals surface area contributed by atoms with Crippen molar-refractivity contribution in [3.8, 4) is 0 Å². The van der Waals surface area contributed by atoms with E-state index in [9.17, 15) is 0 Å². The zero-order valence-corrected chi connectivity index (χ0v) is 8.40. The third-order valence-electron chi connectivity index (χ3n) is 2.18. The Morgan fingerprint density at radius 3 is 2.27 bits per heavy atom. The molecule has 0 aromatic rings. The molecule has 11 heavy (non-hydrogen) atoms. The summed E-state index contributed by atoms with van der Waals surface area (Å²) >= 11 is 0. The summed E-state index contributed by atoms with van der Waals surface area (Å²) < 4.78 is 0. The molecule has 67 valence electrons. The minimum atomic E-state index is 0.846. The smallest absolute Gasteiger partial charge is 0.0412 e. The van der Waals surface area contributed by atoms with Gasteiger partial charge in [-0.3, -0.25) is 0 Å². The molecule has 0 aromatic carbocycles. The Labute approximate surface area is 72.4 Å². The topological polar surface area (TPSA) is 0 Å². The molecule has 0 N–H and O–H groups in total. The molecular formula is C11H23. The van der Waals surface area contributed by atoms with Crippen LogP contribution in [0, 0.1) is 18.8 Å². The summed E-state index contributed by atoms with van der Waals surface area (Å²) in [7, 11) is 0. The number of rotatable bonds is 6. The van der Waals surface area contributed by atoms with E-state index in [2.05, 4.69) is 27.7 Å². The van der Waals surface area contributed by atoms with Crippen molar-refractivity contribution >= 4 is 0 Å². The van der Waals surface area contributed by atoms with Crippen LogP contribution in [0.4, 0.5) is 0 Å². The first kappa shape index (κ1) is 11.0. The predicted octanol–water partition coefficient (Wildman–Crippen LogP) is 4.06. The Hall–Kier alpha value is 0. The Morgan fingerprint density at radius 1 is 1.27 bits per heavy atom. The minimum Gasteiger partial charge on any atom is -0.0654 e. The molecule has 0 aliphatic rings. The lowest BCUT2D eigenvalue weighted by atomic mass is 9.90. The Kier molecular flexibility index (Phi) is 6.69. The monoisotopic (exact) mass is 155 g/mol. The van der Waals surface area contributed by atoms with E-state index < -0.39 is 0 Å². The lowest BCUT2D eigenvalue weighted by Gasteiger charge is -2.16. The molecule has 0 heteroatoms. The average Bonchev–Trinajstić information content (AvgIpc) is 1.97. The quantitative estimate of drug-likeness (QED) is 0.542. The van der Waals surface area contributed by atoms with E-state index in [0.29, 0.717) is 0 Å². The third-order valence-corrected chi connectivity index (χ3v) is 2.18. The van der Waals surface area contributed by atoms with Crippen LogP contribution in [0.3, 0.4) is 0 Å². The van der Waals surface area contributed by atoms with Gasteiger partial charge in [-0.15, -0.1) is 0 Å². The molecule has 0 aromatic heterocycles. The largest absolute Gasteiger partial charge is 0.0654 e. The van der Waals surface area contributed by atoms with Gasteiger partial charge in [0.05, 0.1) is 0 Å². The second kappa shape index (κ2) is 6.69. The Morgan fingerprint density at radius 2 is 1.91 bits per heavy atom. The number of hydrogen-bond acceptors (Lipinski definition) is 0. The maximum atomic E-state index is 3.99. The van der Waals surface area contributed by atoms with Crippen LogP contribution in [0.1, 0.15) is 52.9 Å². The highest BCUT2D eigenvalue weighted by Crippen LogP contribution is 2.20. The lowest BCUT2D eigenvalue weighted by Crippen LogP contribution is -2.03. The third kappa shape index (κ3) is 6.40. The first-order valence-corrected chi connectivity index (χ1v) is 4.99. The number of unbranched alkanes of at least 4 members (excludes halogenated alkanes) is 1. The van der Waals surface area contributed by atoms with Gasteiger partial charge in [0, 0.05) is 0 Å². The minimum absolute atomic E-state index is 0.846. The van der Waals surface area contributed by atoms with E-state index in [0.717, 1.165) is 18.3 Å². The van der Waals surface area contributed by atoms with Gasteiger partial charge in [0.2, 0.25) is 0 Å². The summed E-state index contributed by atoms with van der Waals surface area (Å²) in [5.41, 5.74) is 0. The Bertz CT molecular complexity index is 74.1. The molecule has 0 amide bonds. The van der Waals surface area contributed by atoms with Crippen molar-refractivity contribution < 1.29 is 0 Å². The fourth-order valence-corrected chi connectivity index (χ4v) is 1.54.